The second kappa shape index (κ2) is 6.37. The Morgan fingerprint density at radius 1 is 1.23 bits per heavy atom. The first-order valence-corrected chi connectivity index (χ1v) is 7.60. The third-order valence-electron chi connectivity index (χ3n) is 3.17. The van der Waals surface area contributed by atoms with Crippen LogP contribution < -0.4 is 0 Å². The highest BCUT2D eigenvalue weighted by Gasteiger charge is 2.11. The predicted molar refractivity (Wildman–Crippen MR) is 81.3 cm³/mol. The van der Waals surface area contributed by atoms with Crippen molar-refractivity contribution in [3.63, 3.8) is 0 Å². The molecule has 0 aliphatic rings. The van der Waals surface area contributed by atoms with Gasteiger partial charge in [-0.1, -0.05) is 12.1 Å². The van der Waals surface area contributed by atoms with Gasteiger partial charge in [0.1, 0.15) is 17.9 Å². The van der Waals surface area contributed by atoms with Gasteiger partial charge < -0.3 is 4.42 Å². The molecule has 114 valence electrons. The molecule has 0 amide bonds. The highest BCUT2D eigenvalue weighted by Crippen LogP contribution is 2.24. The van der Waals surface area contributed by atoms with E-state index in [1.54, 1.807) is 17.6 Å². The van der Waals surface area contributed by atoms with Crippen LogP contribution in [0.15, 0.2) is 46.4 Å². The number of hydrogen-bond acceptors (Lipinski definition) is 4. The van der Waals surface area contributed by atoms with Crippen LogP contribution in [0.1, 0.15) is 11.3 Å². The van der Waals surface area contributed by atoms with Crippen LogP contribution in [0.4, 0.5) is 8.78 Å². The number of benzene rings is 1. The molecule has 6 heteroatoms. The molecule has 0 radical (unpaired) electrons. The van der Waals surface area contributed by atoms with Crippen LogP contribution in [0.3, 0.4) is 0 Å². The van der Waals surface area contributed by atoms with Gasteiger partial charge in [0.2, 0.25) is 5.89 Å². The fourth-order valence-electron chi connectivity index (χ4n) is 2.17. The first-order valence-electron chi connectivity index (χ1n) is 6.72. The minimum Gasteiger partial charge on any atom is -0.444 e. The Kier molecular flexibility index (Phi) is 4.31. The summed E-state index contributed by atoms with van der Waals surface area (Å²) in [4.78, 5) is 7.29. The lowest BCUT2D eigenvalue weighted by Gasteiger charge is -2.15. The van der Waals surface area contributed by atoms with E-state index in [1.807, 2.05) is 29.5 Å². The minimum absolute atomic E-state index is 0.368. The van der Waals surface area contributed by atoms with Crippen molar-refractivity contribution in [2.24, 2.45) is 0 Å². The molecule has 0 saturated carbocycles. The molecule has 0 spiro atoms. The van der Waals surface area contributed by atoms with E-state index in [0.717, 1.165) is 16.6 Å². The molecule has 1 aromatic carbocycles. The maximum Gasteiger partial charge on any atom is 0.236 e. The van der Waals surface area contributed by atoms with E-state index >= 15 is 0 Å². The number of aromatic nitrogens is 1. The van der Waals surface area contributed by atoms with Gasteiger partial charge in [-0.05, 0) is 24.6 Å². The number of thiophene rings is 1. The summed E-state index contributed by atoms with van der Waals surface area (Å²) in [5.74, 6) is -0.515. The van der Waals surface area contributed by atoms with Crippen molar-refractivity contribution in [2.75, 3.05) is 7.05 Å². The standard InChI is InChI=1S/C16H14F2N2OS/c1-20(8-11-4-5-12(17)7-14(11)18)9-13-10-21-16(19-13)15-3-2-6-22-15/h2-7,10H,8-9H2,1H3. The number of halogens is 2. The zero-order valence-electron chi connectivity index (χ0n) is 11.9. The van der Waals surface area contributed by atoms with E-state index in [9.17, 15) is 8.78 Å². The summed E-state index contributed by atoms with van der Waals surface area (Å²) in [6.45, 7) is 0.888. The Bertz CT molecular complexity index is 755. The van der Waals surface area contributed by atoms with Gasteiger partial charge in [-0.2, -0.15) is 0 Å². The summed E-state index contributed by atoms with van der Waals surface area (Å²) in [5.41, 5.74) is 1.22. The Morgan fingerprint density at radius 3 is 2.82 bits per heavy atom. The average Bonchev–Trinajstić information content (AvgIpc) is 3.12. The molecule has 0 unspecified atom stereocenters. The zero-order chi connectivity index (χ0) is 15.5. The topological polar surface area (TPSA) is 29.3 Å². The van der Waals surface area contributed by atoms with Crippen molar-refractivity contribution in [1.29, 1.82) is 0 Å². The first-order chi connectivity index (χ1) is 10.6. The molecule has 0 aliphatic heterocycles. The van der Waals surface area contributed by atoms with Crippen LogP contribution in [0, 0.1) is 11.6 Å². The van der Waals surface area contributed by atoms with Crippen LogP contribution in [-0.4, -0.2) is 16.9 Å². The summed E-state index contributed by atoms with van der Waals surface area (Å²) in [6, 6.07) is 7.50. The second-order valence-electron chi connectivity index (χ2n) is 5.03. The molecule has 0 atom stereocenters. The maximum absolute atomic E-state index is 13.6. The van der Waals surface area contributed by atoms with E-state index in [0.29, 0.717) is 24.5 Å². The molecule has 0 N–H and O–H groups in total. The summed E-state index contributed by atoms with van der Waals surface area (Å²) in [6.07, 6.45) is 1.60. The van der Waals surface area contributed by atoms with Crippen molar-refractivity contribution >= 4 is 11.3 Å². The van der Waals surface area contributed by atoms with Gasteiger partial charge in [0.15, 0.2) is 0 Å². The first kappa shape index (κ1) is 14.9. The Labute approximate surface area is 130 Å². The molecule has 2 heterocycles. The third-order valence-corrected chi connectivity index (χ3v) is 4.03. The SMILES string of the molecule is CN(Cc1coc(-c2cccs2)n1)Cc1ccc(F)cc1F. The molecular formula is C16H14F2N2OS. The van der Waals surface area contributed by atoms with Gasteiger partial charge >= 0.3 is 0 Å². The highest BCUT2D eigenvalue weighted by molar-refractivity contribution is 7.13. The van der Waals surface area contributed by atoms with Gasteiger partial charge in [-0.25, -0.2) is 13.8 Å². The molecule has 0 bridgehead atoms. The van der Waals surface area contributed by atoms with Crippen LogP contribution in [-0.2, 0) is 13.1 Å². The highest BCUT2D eigenvalue weighted by atomic mass is 32.1. The van der Waals surface area contributed by atoms with Gasteiger partial charge in [0.25, 0.3) is 0 Å². The van der Waals surface area contributed by atoms with E-state index < -0.39 is 11.6 Å². The lowest BCUT2D eigenvalue weighted by molar-refractivity contribution is 0.309. The van der Waals surface area contributed by atoms with Gasteiger partial charge in [0.05, 0.1) is 10.6 Å². The number of rotatable bonds is 5. The number of oxazole rings is 1. The molecule has 3 rings (SSSR count). The van der Waals surface area contributed by atoms with Gasteiger partial charge in [-0.3, -0.25) is 4.90 Å². The quantitative estimate of drug-likeness (QED) is 0.701. The normalized spacial score (nSPS) is 11.3. The Morgan fingerprint density at radius 2 is 2.09 bits per heavy atom. The zero-order valence-corrected chi connectivity index (χ0v) is 12.7. The average molecular weight is 320 g/mol. The van der Waals surface area contributed by atoms with Crippen LogP contribution in [0.25, 0.3) is 10.8 Å². The monoisotopic (exact) mass is 320 g/mol. The maximum atomic E-state index is 13.6. The van der Waals surface area contributed by atoms with Crippen molar-refractivity contribution in [1.82, 2.24) is 9.88 Å². The minimum atomic E-state index is -0.569. The molecule has 2 aromatic heterocycles. The second-order valence-corrected chi connectivity index (χ2v) is 5.98. The fourth-order valence-corrected chi connectivity index (χ4v) is 2.82. The lowest BCUT2D eigenvalue weighted by Crippen LogP contribution is -2.18. The van der Waals surface area contributed by atoms with Crippen LogP contribution in [0.5, 0.6) is 0 Å². The predicted octanol–water partition coefficient (Wildman–Crippen LogP) is 4.31. The van der Waals surface area contributed by atoms with Crippen molar-refractivity contribution < 1.29 is 13.2 Å². The van der Waals surface area contributed by atoms with Gasteiger partial charge in [0, 0.05) is 24.7 Å². The molecule has 22 heavy (non-hydrogen) atoms. The smallest absolute Gasteiger partial charge is 0.236 e. The summed E-state index contributed by atoms with van der Waals surface area (Å²) in [7, 11) is 1.85. The Balaban J connectivity index is 1.65. The fraction of sp³-hybridized carbons (Fsp3) is 0.188. The molecule has 0 saturated heterocycles. The molecule has 0 aliphatic carbocycles. The third kappa shape index (κ3) is 3.40. The summed E-state index contributed by atoms with van der Waals surface area (Å²) < 4.78 is 32.0. The van der Waals surface area contributed by atoms with Crippen molar-refractivity contribution in [3.8, 4) is 10.8 Å². The lowest BCUT2D eigenvalue weighted by atomic mass is 10.2. The summed E-state index contributed by atoms with van der Waals surface area (Å²) >= 11 is 1.56. The van der Waals surface area contributed by atoms with Crippen LogP contribution >= 0.6 is 11.3 Å². The van der Waals surface area contributed by atoms with Crippen molar-refractivity contribution in [2.45, 2.75) is 13.1 Å². The Hall–Kier alpha value is -2.05. The van der Waals surface area contributed by atoms with E-state index in [-0.39, 0.29) is 0 Å². The van der Waals surface area contributed by atoms with Crippen LogP contribution in [0.2, 0.25) is 0 Å². The largest absolute Gasteiger partial charge is 0.444 e. The van der Waals surface area contributed by atoms with Gasteiger partial charge in [-0.15, -0.1) is 11.3 Å². The van der Waals surface area contributed by atoms with Crippen molar-refractivity contribution in [3.05, 3.63) is 64.9 Å². The molecule has 3 nitrogen and oxygen atoms in total. The van der Waals surface area contributed by atoms with E-state index in [4.69, 9.17) is 4.42 Å². The number of hydrogen-bond donors (Lipinski definition) is 0. The molecule has 3 aromatic rings. The molecule has 0 fully saturated rings. The van der Waals surface area contributed by atoms with E-state index in [2.05, 4.69) is 4.98 Å². The number of nitrogens with zero attached hydrogens (tertiary/aromatic N) is 2. The molecular weight excluding hydrogens is 306 g/mol. The van der Waals surface area contributed by atoms with E-state index in [1.165, 1.54) is 12.1 Å². The summed E-state index contributed by atoms with van der Waals surface area (Å²) in [5, 5.41) is 1.96.